The second kappa shape index (κ2) is 26.8. The highest BCUT2D eigenvalue weighted by Crippen LogP contribution is 2.43. The molecule has 6 unspecified atom stereocenters. The minimum Gasteiger partial charge on any atom is -0.743 e. The van der Waals surface area contributed by atoms with Crippen LogP contribution in [-0.2, 0) is 51.5 Å². The normalized spacial score (nSPS) is 15.8. The van der Waals surface area contributed by atoms with Crippen LogP contribution in [0.4, 0.5) is 70.2 Å². The Kier molecular flexibility index (Phi) is 22.0. The fourth-order valence-corrected chi connectivity index (χ4v) is 11.7. The summed E-state index contributed by atoms with van der Waals surface area (Å²) in [5, 5.41) is -2.07. The molecule has 466 valence electrons. The molecule has 6 rings (SSSR count). The number of aliphatic hydroxyl groups is 1. The first-order valence-corrected chi connectivity index (χ1v) is 28.7. The number of methoxy groups -OCH3 is 1. The monoisotopic (exact) mass is 1310 g/mol. The van der Waals surface area contributed by atoms with E-state index in [0.717, 1.165) is 31.2 Å². The first kappa shape index (κ1) is 69.6. The van der Waals surface area contributed by atoms with Gasteiger partial charge in [-0.3, -0.25) is 0 Å². The van der Waals surface area contributed by atoms with Crippen molar-refractivity contribution in [3.05, 3.63) is 158 Å². The highest BCUT2D eigenvalue weighted by molar-refractivity contribution is 7.97. The predicted molar refractivity (Wildman–Crippen MR) is 268 cm³/mol. The van der Waals surface area contributed by atoms with Crippen LogP contribution < -0.4 is 18.9 Å². The molecule has 13 nitrogen and oxygen atoms in total. The van der Waals surface area contributed by atoms with Gasteiger partial charge in [0, 0.05) is 7.11 Å². The van der Waals surface area contributed by atoms with Gasteiger partial charge in [-0.1, -0.05) is 36.4 Å². The molecule has 85 heavy (non-hydrogen) atoms. The predicted octanol–water partition coefficient (Wildman–Crippen LogP) is 12.5. The van der Waals surface area contributed by atoms with Gasteiger partial charge in [-0.2, -0.15) is 70.2 Å². The first-order valence-electron chi connectivity index (χ1n) is 23.4. The van der Waals surface area contributed by atoms with Crippen LogP contribution in [0.1, 0.15) is 13.8 Å². The lowest BCUT2D eigenvalue weighted by Gasteiger charge is -2.31. The minimum atomic E-state index is -6.73. The summed E-state index contributed by atoms with van der Waals surface area (Å²) < 4.78 is 307. The third-order valence-electron chi connectivity index (χ3n) is 11.3. The average Bonchev–Trinajstić information content (AvgIpc) is 1.84. The van der Waals surface area contributed by atoms with Crippen molar-refractivity contribution >= 4 is 42.0 Å². The van der Waals surface area contributed by atoms with E-state index < -0.39 is 132 Å². The summed E-state index contributed by atoms with van der Waals surface area (Å²) in [6.45, 7) is -1.24. The second-order valence-corrected chi connectivity index (χ2v) is 24.8. The van der Waals surface area contributed by atoms with Gasteiger partial charge in [0.25, 0.3) is 12.2 Å². The highest BCUT2D eigenvalue weighted by atomic mass is 32.2. The van der Waals surface area contributed by atoms with E-state index in [0.29, 0.717) is 36.3 Å². The summed E-state index contributed by atoms with van der Waals surface area (Å²) in [7, 11) is -14.3. The molecule has 0 aliphatic carbocycles. The molecule has 0 aliphatic heterocycles. The minimum absolute atomic E-state index is 0.00563. The lowest BCUT2D eigenvalue weighted by atomic mass is 10.1. The molecule has 6 aromatic carbocycles. The summed E-state index contributed by atoms with van der Waals surface area (Å²) in [6, 6.07) is 37.4. The van der Waals surface area contributed by atoms with Crippen molar-refractivity contribution in [1.82, 2.24) is 0 Å². The average molecular weight is 1310 g/mol. The van der Waals surface area contributed by atoms with Gasteiger partial charge in [0.15, 0.2) is 60.8 Å². The van der Waals surface area contributed by atoms with Gasteiger partial charge >= 0.3 is 35.2 Å². The molecular formula is C52H44F16O13S4. The Hall–Kier alpha value is -6.20. The molecule has 1 N–H and O–H groups in total. The number of ether oxygens (including phenoxy) is 6. The molecule has 0 heterocycles. The molecule has 0 fully saturated rings. The van der Waals surface area contributed by atoms with Crippen LogP contribution in [0.3, 0.4) is 0 Å². The zero-order chi connectivity index (χ0) is 63.8. The summed E-state index contributed by atoms with van der Waals surface area (Å²) in [5.41, 5.74) is -5.77. The van der Waals surface area contributed by atoms with Crippen LogP contribution in [0.5, 0.6) is 23.0 Å². The van der Waals surface area contributed by atoms with E-state index in [1.807, 2.05) is 0 Å². The van der Waals surface area contributed by atoms with Crippen LogP contribution in [0.2, 0.25) is 0 Å². The zero-order valence-corrected chi connectivity index (χ0v) is 46.6. The van der Waals surface area contributed by atoms with Gasteiger partial charge in [-0.15, -0.1) is 0 Å². The van der Waals surface area contributed by atoms with Crippen LogP contribution in [0.25, 0.3) is 0 Å². The Balaban J connectivity index is 0.000000311. The number of halogens is 16. The molecule has 0 bridgehead atoms. The Morgan fingerprint density at radius 2 is 0.718 bits per heavy atom. The van der Waals surface area contributed by atoms with Gasteiger partial charge in [0.2, 0.25) is 0 Å². The van der Waals surface area contributed by atoms with E-state index in [4.69, 9.17) is 14.2 Å². The summed E-state index contributed by atoms with van der Waals surface area (Å²) in [6.07, 6.45) is -30.1. The van der Waals surface area contributed by atoms with Gasteiger partial charge in [-0.05, 0) is 135 Å². The third-order valence-corrected chi connectivity index (χ3v) is 17.5. The highest BCUT2D eigenvalue weighted by Gasteiger charge is 2.63. The second-order valence-electron chi connectivity index (χ2n) is 17.9. The SMILES string of the molecule is CC(O)(COc1ccc([S+](c2ccccc2)c2ccc(OC(C(F)(F)F)C(F)(F)S(=O)(=O)[O-])cc2)cc1)C(F)(F)F.COCOC(C)(COc1ccc([S+](c2ccccc2)c2ccc(OC(C(F)(F)F)C(F)(F)S(=O)(=O)[O-])cc2)cc1)C(F)(F)F. The first-order chi connectivity index (χ1) is 39.0. The Labute approximate surface area is 479 Å². The van der Waals surface area contributed by atoms with Crippen molar-refractivity contribution in [1.29, 1.82) is 0 Å². The van der Waals surface area contributed by atoms with Crippen LogP contribution in [0, 0.1) is 0 Å². The van der Waals surface area contributed by atoms with E-state index in [9.17, 15) is 101 Å². The molecule has 0 aromatic heterocycles. The van der Waals surface area contributed by atoms with Gasteiger partial charge < -0.3 is 42.6 Å². The third kappa shape index (κ3) is 17.7. The van der Waals surface area contributed by atoms with E-state index >= 15 is 0 Å². The zero-order valence-electron chi connectivity index (χ0n) is 43.3. The Bertz CT molecular complexity index is 3320. The smallest absolute Gasteiger partial charge is 0.432 e. The van der Waals surface area contributed by atoms with Crippen molar-refractivity contribution in [3.63, 3.8) is 0 Å². The lowest BCUT2D eigenvalue weighted by Crippen LogP contribution is -2.53. The molecule has 6 aromatic rings. The number of alkyl halides is 16. The van der Waals surface area contributed by atoms with Gasteiger partial charge in [0.05, 0.1) is 21.8 Å². The number of rotatable bonds is 23. The maximum absolute atomic E-state index is 13.9. The van der Waals surface area contributed by atoms with Crippen molar-refractivity contribution in [2.24, 2.45) is 0 Å². The van der Waals surface area contributed by atoms with Gasteiger partial charge in [0.1, 0.15) is 43.0 Å². The van der Waals surface area contributed by atoms with E-state index in [2.05, 4.69) is 14.2 Å². The maximum Gasteiger partial charge on any atom is 0.432 e. The molecular weight excluding hydrogens is 1260 g/mol. The largest absolute Gasteiger partial charge is 0.743 e. The van der Waals surface area contributed by atoms with Crippen molar-refractivity contribution in [2.45, 2.75) is 102 Å². The van der Waals surface area contributed by atoms with E-state index in [1.165, 1.54) is 67.8 Å². The molecule has 0 radical (unpaired) electrons. The lowest BCUT2D eigenvalue weighted by molar-refractivity contribution is -0.296. The Morgan fingerprint density at radius 1 is 0.435 bits per heavy atom. The molecule has 0 saturated heterocycles. The molecule has 0 spiro atoms. The standard InChI is InChI=1S/C27H24F8O7S2.C25H20F8O6S2/c1-24(27(33,34)35,41-17-39-2)16-40-18-8-12-21(13-9-18)43(20-6-4-3-5-7-20)22-14-10-19(11-15-22)42-23(25(28,29)30)26(31,32)44(36,37)38;1-22(34,25(31,32)33)15-38-16-7-11-19(12-8-16)40(18-5-3-2-4-6-18)20-13-9-17(10-14-20)39-21(23(26,27)28)24(29,30)41(35,36)37/h3-15,23H,16-17H2,1-2H3;2-14,21,34H,15H2,1H3. The summed E-state index contributed by atoms with van der Waals surface area (Å²) in [4.78, 5) is 3.42. The van der Waals surface area contributed by atoms with Crippen molar-refractivity contribution < 1.29 is 130 Å². The number of hydrogen-bond donors (Lipinski definition) is 1. The number of hydrogen-bond acceptors (Lipinski definition) is 13. The Morgan fingerprint density at radius 3 is 0.976 bits per heavy atom. The fourth-order valence-electron chi connectivity index (χ4n) is 6.69. The van der Waals surface area contributed by atoms with Crippen LogP contribution >= 0.6 is 0 Å². The van der Waals surface area contributed by atoms with Crippen LogP contribution in [0.15, 0.2) is 187 Å². The fraction of sp³-hybridized carbons (Fsp3) is 0.308. The number of benzene rings is 6. The quantitative estimate of drug-likeness (QED) is 0.0276. The molecule has 0 saturated carbocycles. The van der Waals surface area contributed by atoms with E-state index in [-0.39, 0.29) is 11.5 Å². The summed E-state index contributed by atoms with van der Waals surface area (Å²) in [5.74, 6) is -1.51. The van der Waals surface area contributed by atoms with Crippen molar-refractivity contribution in [3.8, 4) is 23.0 Å². The van der Waals surface area contributed by atoms with Crippen molar-refractivity contribution in [2.75, 3.05) is 27.1 Å². The topological polar surface area (TPSA) is 190 Å². The molecule has 33 heteroatoms. The van der Waals surface area contributed by atoms with E-state index in [1.54, 1.807) is 72.8 Å². The van der Waals surface area contributed by atoms with Gasteiger partial charge in [-0.25, -0.2) is 16.8 Å². The maximum atomic E-state index is 13.9. The molecule has 0 amide bonds. The summed E-state index contributed by atoms with van der Waals surface area (Å²) >= 11 is 0. The van der Waals surface area contributed by atoms with Crippen LogP contribution in [-0.4, -0.2) is 117 Å². The molecule has 6 atom stereocenters. The molecule has 0 aliphatic rings.